The van der Waals surface area contributed by atoms with E-state index in [4.69, 9.17) is 14.2 Å². The van der Waals surface area contributed by atoms with Crippen molar-refractivity contribution in [1.82, 2.24) is 0 Å². The summed E-state index contributed by atoms with van der Waals surface area (Å²) in [5, 5.41) is 0. The number of hydrogen-bond donors (Lipinski definition) is 0. The summed E-state index contributed by atoms with van der Waals surface area (Å²) in [6.07, 6.45) is 0. The Bertz CT molecular complexity index is 645. The molecule has 0 bridgehead atoms. The normalized spacial score (nSPS) is 13.4. The second-order valence-electron chi connectivity index (χ2n) is 4.60. The van der Waals surface area contributed by atoms with Crippen molar-refractivity contribution >= 4 is 11.8 Å². The van der Waals surface area contributed by atoms with Gasteiger partial charge in [0.25, 0.3) is 0 Å². The minimum Gasteiger partial charge on any atom is -0.496 e. The molecule has 3 nitrogen and oxygen atoms in total. The summed E-state index contributed by atoms with van der Waals surface area (Å²) in [5.74, 6) is 1.90. The minimum absolute atomic E-state index is 0.213. The van der Waals surface area contributed by atoms with Gasteiger partial charge in [0.2, 0.25) is 0 Å². The molecule has 3 rings (SSSR count). The van der Waals surface area contributed by atoms with Gasteiger partial charge in [-0.3, -0.25) is 0 Å². The molecule has 5 heteroatoms. The fourth-order valence-electron chi connectivity index (χ4n) is 2.26. The number of benzene rings is 2. The van der Waals surface area contributed by atoms with Gasteiger partial charge >= 0.3 is 0 Å². The Morgan fingerprint density at radius 3 is 3.00 bits per heavy atom. The van der Waals surface area contributed by atoms with Crippen molar-refractivity contribution in [2.24, 2.45) is 0 Å². The van der Waals surface area contributed by atoms with Crippen LogP contribution >= 0.6 is 11.8 Å². The Morgan fingerprint density at radius 2 is 2.14 bits per heavy atom. The summed E-state index contributed by atoms with van der Waals surface area (Å²) >= 11 is 1.59. The Morgan fingerprint density at radius 1 is 1.29 bits per heavy atom. The van der Waals surface area contributed by atoms with E-state index >= 15 is 0 Å². The number of ether oxygens (including phenoxy) is 3. The average molecular weight is 306 g/mol. The number of para-hydroxylation sites is 1. The lowest BCUT2D eigenvalue weighted by atomic mass is 10.1. The summed E-state index contributed by atoms with van der Waals surface area (Å²) in [4.78, 5) is 1.02. The maximum absolute atomic E-state index is 13.7. The second kappa shape index (κ2) is 6.37. The van der Waals surface area contributed by atoms with Gasteiger partial charge in [-0.15, -0.1) is 11.8 Å². The molecule has 2 aromatic rings. The monoisotopic (exact) mass is 306 g/mol. The second-order valence-corrected chi connectivity index (χ2v) is 5.62. The van der Waals surface area contributed by atoms with E-state index in [1.165, 1.54) is 12.1 Å². The molecule has 21 heavy (non-hydrogen) atoms. The standard InChI is InChI=1S/C16H15FO3S/c1-18-14-4-2-3-5-15(14)21-9-12-7-13(17)6-11-8-19-10-20-16(11)12/h2-7H,8-10H2,1H3. The van der Waals surface area contributed by atoms with Gasteiger partial charge in [0.05, 0.1) is 13.7 Å². The molecule has 0 saturated carbocycles. The van der Waals surface area contributed by atoms with Crippen LogP contribution in [0.25, 0.3) is 0 Å². The van der Waals surface area contributed by atoms with Crippen molar-refractivity contribution in [1.29, 1.82) is 0 Å². The van der Waals surface area contributed by atoms with Crippen LogP contribution in [0.1, 0.15) is 11.1 Å². The third-order valence-corrected chi connectivity index (χ3v) is 4.31. The van der Waals surface area contributed by atoms with Crippen LogP contribution in [-0.4, -0.2) is 13.9 Å². The molecule has 0 amide bonds. The lowest BCUT2D eigenvalue weighted by molar-refractivity contribution is -0.0171. The number of hydrogen-bond acceptors (Lipinski definition) is 4. The molecule has 0 fully saturated rings. The van der Waals surface area contributed by atoms with Gasteiger partial charge < -0.3 is 14.2 Å². The minimum atomic E-state index is -0.265. The van der Waals surface area contributed by atoms with E-state index in [1.54, 1.807) is 18.9 Å². The van der Waals surface area contributed by atoms with Crippen LogP contribution in [0.15, 0.2) is 41.3 Å². The van der Waals surface area contributed by atoms with E-state index in [0.717, 1.165) is 27.5 Å². The van der Waals surface area contributed by atoms with Crippen molar-refractivity contribution in [2.75, 3.05) is 13.9 Å². The summed E-state index contributed by atoms with van der Waals surface area (Å²) in [5.41, 5.74) is 1.60. The van der Waals surface area contributed by atoms with Crippen molar-refractivity contribution in [3.05, 3.63) is 53.3 Å². The fraction of sp³-hybridized carbons (Fsp3) is 0.250. The maximum Gasteiger partial charge on any atom is 0.189 e. The molecule has 110 valence electrons. The number of methoxy groups -OCH3 is 1. The van der Waals surface area contributed by atoms with Crippen LogP contribution in [0.2, 0.25) is 0 Å². The van der Waals surface area contributed by atoms with Crippen molar-refractivity contribution in [3.63, 3.8) is 0 Å². The first-order chi connectivity index (χ1) is 10.3. The van der Waals surface area contributed by atoms with Crippen molar-refractivity contribution in [3.8, 4) is 11.5 Å². The highest BCUT2D eigenvalue weighted by atomic mass is 32.2. The van der Waals surface area contributed by atoms with E-state index in [-0.39, 0.29) is 12.6 Å². The van der Waals surface area contributed by atoms with Crippen molar-refractivity contribution in [2.45, 2.75) is 17.3 Å². The molecule has 0 aromatic heterocycles. The molecule has 1 aliphatic heterocycles. The molecule has 0 atom stereocenters. The molecule has 0 spiro atoms. The summed E-state index contributed by atoms with van der Waals surface area (Å²) < 4.78 is 29.7. The highest BCUT2D eigenvalue weighted by Crippen LogP contribution is 2.36. The van der Waals surface area contributed by atoms with E-state index < -0.39 is 0 Å². The predicted octanol–water partition coefficient (Wildman–Crippen LogP) is 3.99. The van der Waals surface area contributed by atoms with Gasteiger partial charge in [0.15, 0.2) is 6.79 Å². The van der Waals surface area contributed by atoms with E-state index in [9.17, 15) is 4.39 Å². The molecule has 0 radical (unpaired) electrons. The van der Waals surface area contributed by atoms with Gasteiger partial charge in [0, 0.05) is 21.8 Å². The Balaban J connectivity index is 1.83. The van der Waals surface area contributed by atoms with Crippen LogP contribution in [0.5, 0.6) is 11.5 Å². The molecule has 0 saturated heterocycles. The SMILES string of the molecule is COc1ccccc1SCc1cc(F)cc2c1OCOC2. The first-order valence-corrected chi connectivity index (χ1v) is 7.54. The lowest BCUT2D eigenvalue weighted by Crippen LogP contribution is -2.13. The molecule has 1 heterocycles. The number of rotatable bonds is 4. The van der Waals surface area contributed by atoms with Gasteiger partial charge in [-0.1, -0.05) is 12.1 Å². The summed E-state index contributed by atoms with van der Waals surface area (Å²) in [7, 11) is 1.64. The lowest BCUT2D eigenvalue weighted by Gasteiger charge is -2.20. The van der Waals surface area contributed by atoms with E-state index in [0.29, 0.717) is 12.4 Å². The zero-order valence-corrected chi connectivity index (χ0v) is 12.4. The maximum atomic E-state index is 13.7. The third kappa shape index (κ3) is 3.14. The Hall–Kier alpha value is -1.72. The number of halogens is 1. The van der Waals surface area contributed by atoms with E-state index in [1.807, 2.05) is 24.3 Å². The zero-order chi connectivity index (χ0) is 14.7. The molecule has 0 unspecified atom stereocenters. The van der Waals surface area contributed by atoms with Gasteiger partial charge in [0.1, 0.15) is 17.3 Å². The van der Waals surface area contributed by atoms with Gasteiger partial charge in [-0.2, -0.15) is 0 Å². The zero-order valence-electron chi connectivity index (χ0n) is 11.6. The Labute approximate surface area is 127 Å². The van der Waals surface area contributed by atoms with Crippen LogP contribution in [0.3, 0.4) is 0 Å². The molecule has 2 aromatic carbocycles. The highest BCUT2D eigenvalue weighted by molar-refractivity contribution is 7.98. The molecular formula is C16H15FO3S. The first kappa shape index (κ1) is 14.2. The van der Waals surface area contributed by atoms with Gasteiger partial charge in [-0.25, -0.2) is 4.39 Å². The average Bonchev–Trinajstić information content (AvgIpc) is 2.52. The van der Waals surface area contributed by atoms with Gasteiger partial charge in [-0.05, 0) is 24.3 Å². The number of thioether (sulfide) groups is 1. The quantitative estimate of drug-likeness (QED) is 0.798. The first-order valence-electron chi connectivity index (χ1n) is 6.55. The summed E-state index contributed by atoms with van der Waals surface area (Å²) in [6, 6.07) is 10.8. The van der Waals surface area contributed by atoms with Crippen LogP contribution < -0.4 is 9.47 Å². The predicted molar refractivity (Wildman–Crippen MR) is 79.2 cm³/mol. The van der Waals surface area contributed by atoms with Crippen LogP contribution in [-0.2, 0) is 17.1 Å². The molecule has 1 aliphatic rings. The smallest absolute Gasteiger partial charge is 0.189 e. The molecule has 0 N–H and O–H groups in total. The Kier molecular flexibility index (Phi) is 4.31. The van der Waals surface area contributed by atoms with Crippen molar-refractivity contribution < 1.29 is 18.6 Å². The van der Waals surface area contributed by atoms with Crippen LogP contribution in [0, 0.1) is 5.82 Å². The highest BCUT2D eigenvalue weighted by Gasteiger charge is 2.17. The fourth-order valence-corrected chi connectivity index (χ4v) is 3.25. The summed E-state index contributed by atoms with van der Waals surface area (Å²) in [6.45, 7) is 0.602. The van der Waals surface area contributed by atoms with E-state index in [2.05, 4.69) is 0 Å². The molecular weight excluding hydrogens is 291 g/mol. The topological polar surface area (TPSA) is 27.7 Å². The third-order valence-electron chi connectivity index (χ3n) is 3.20. The molecule has 0 aliphatic carbocycles. The van der Waals surface area contributed by atoms with Crippen LogP contribution in [0.4, 0.5) is 4.39 Å². The largest absolute Gasteiger partial charge is 0.496 e. The number of fused-ring (bicyclic) bond motifs is 1.